The van der Waals surface area contributed by atoms with E-state index in [4.69, 9.17) is 16.3 Å². The first-order valence-corrected chi connectivity index (χ1v) is 6.70. The minimum atomic E-state index is 0.272. The van der Waals surface area contributed by atoms with Gasteiger partial charge in [0.15, 0.2) is 0 Å². The highest BCUT2D eigenvalue weighted by atomic mass is 35.5. The number of nitrogens with one attached hydrogen (secondary N) is 1. The van der Waals surface area contributed by atoms with Gasteiger partial charge in [0, 0.05) is 24.2 Å². The maximum Gasteiger partial charge on any atom is 0.0591 e. The van der Waals surface area contributed by atoms with Crippen LogP contribution >= 0.6 is 11.6 Å². The van der Waals surface area contributed by atoms with Crippen molar-refractivity contribution >= 4 is 11.6 Å². The van der Waals surface area contributed by atoms with Crippen LogP contribution in [0.25, 0.3) is 0 Å². The van der Waals surface area contributed by atoms with Crippen LogP contribution in [-0.4, -0.2) is 19.8 Å². The molecule has 1 atom stereocenters. The van der Waals surface area contributed by atoms with Crippen LogP contribution in [0, 0.1) is 5.92 Å². The fourth-order valence-corrected chi connectivity index (χ4v) is 2.12. The van der Waals surface area contributed by atoms with Crippen LogP contribution in [0.15, 0.2) is 24.3 Å². The average molecular weight is 254 g/mol. The molecule has 2 nitrogen and oxygen atoms in total. The van der Waals surface area contributed by atoms with Crippen molar-refractivity contribution in [2.45, 2.75) is 25.8 Å². The van der Waals surface area contributed by atoms with E-state index in [1.807, 2.05) is 18.2 Å². The lowest BCUT2D eigenvalue weighted by Gasteiger charge is -2.15. The van der Waals surface area contributed by atoms with Crippen LogP contribution in [0.4, 0.5) is 0 Å². The molecular formula is C14H20ClNO. The van der Waals surface area contributed by atoms with E-state index < -0.39 is 0 Å². The van der Waals surface area contributed by atoms with Gasteiger partial charge in [-0.3, -0.25) is 0 Å². The van der Waals surface area contributed by atoms with Crippen LogP contribution in [0.3, 0.4) is 0 Å². The Morgan fingerprint density at radius 1 is 1.41 bits per heavy atom. The van der Waals surface area contributed by atoms with Crippen LogP contribution in [0.1, 0.15) is 31.4 Å². The summed E-state index contributed by atoms with van der Waals surface area (Å²) in [6, 6.07) is 8.23. The summed E-state index contributed by atoms with van der Waals surface area (Å²) in [5, 5.41) is 4.25. The van der Waals surface area contributed by atoms with Crippen molar-refractivity contribution in [1.29, 1.82) is 0 Å². The summed E-state index contributed by atoms with van der Waals surface area (Å²) in [5.41, 5.74) is 1.15. The molecule has 0 saturated heterocycles. The summed E-state index contributed by atoms with van der Waals surface area (Å²) in [7, 11) is 0. The summed E-state index contributed by atoms with van der Waals surface area (Å²) < 4.78 is 5.58. The molecule has 1 unspecified atom stereocenters. The lowest BCUT2D eigenvalue weighted by molar-refractivity contribution is 0.124. The van der Waals surface area contributed by atoms with E-state index in [-0.39, 0.29) is 6.04 Å². The molecule has 17 heavy (non-hydrogen) atoms. The van der Waals surface area contributed by atoms with E-state index in [1.54, 1.807) is 0 Å². The Bertz CT molecular complexity index is 352. The Labute approximate surface area is 108 Å². The number of hydrogen-bond donors (Lipinski definition) is 1. The first kappa shape index (κ1) is 12.9. The van der Waals surface area contributed by atoms with Gasteiger partial charge in [0.1, 0.15) is 0 Å². The molecule has 0 amide bonds. The summed E-state index contributed by atoms with van der Waals surface area (Å²) in [6.45, 7) is 4.72. The Balaban J connectivity index is 1.65. The molecule has 0 aromatic heterocycles. The normalized spacial score (nSPS) is 17.1. The topological polar surface area (TPSA) is 21.3 Å². The zero-order chi connectivity index (χ0) is 12.1. The number of rotatable bonds is 7. The minimum absolute atomic E-state index is 0.272. The molecule has 94 valence electrons. The average Bonchev–Trinajstić information content (AvgIpc) is 3.13. The molecule has 1 aromatic carbocycles. The molecule has 0 radical (unpaired) electrons. The van der Waals surface area contributed by atoms with E-state index >= 15 is 0 Å². The quantitative estimate of drug-likeness (QED) is 0.752. The van der Waals surface area contributed by atoms with Crippen molar-refractivity contribution in [1.82, 2.24) is 5.32 Å². The largest absolute Gasteiger partial charge is 0.380 e. The standard InChI is InChI=1S/C14H20ClNO/c1-11(13-4-2-3-5-14(13)15)16-8-9-17-10-12-6-7-12/h2-5,11-12,16H,6-10H2,1H3. The van der Waals surface area contributed by atoms with Gasteiger partial charge < -0.3 is 10.1 Å². The molecule has 2 rings (SSSR count). The van der Waals surface area contributed by atoms with Gasteiger partial charge in [0.05, 0.1) is 6.61 Å². The second-order valence-corrected chi connectivity index (χ2v) is 5.12. The Hall–Kier alpha value is -0.570. The van der Waals surface area contributed by atoms with Gasteiger partial charge in [-0.1, -0.05) is 29.8 Å². The van der Waals surface area contributed by atoms with E-state index in [9.17, 15) is 0 Å². The van der Waals surface area contributed by atoms with Crippen molar-refractivity contribution in [3.05, 3.63) is 34.9 Å². The van der Waals surface area contributed by atoms with Crippen LogP contribution in [0.5, 0.6) is 0 Å². The first-order chi connectivity index (χ1) is 8.27. The van der Waals surface area contributed by atoms with E-state index in [1.165, 1.54) is 12.8 Å². The molecule has 0 heterocycles. The van der Waals surface area contributed by atoms with Gasteiger partial charge in [-0.05, 0) is 37.3 Å². The van der Waals surface area contributed by atoms with E-state index in [2.05, 4.69) is 18.3 Å². The number of hydrogen-bond acceptors (Lipinski definition) is 2. The summed E-state index contributed by atoms with van der Waals surface area (Å²) >= 11 is 6.14. The summed E-state index contributed by atoms with van der Waals surface area (Å²) in [4.78, 5) is 0. The lowest BCUT2D eigenvalue weighted by atomic mass is 10.1. The zero-order valence-electron chi connectivity index (χ0n) is 10.3. The molecular weight excluding hydrogens is 234 g/mol. The van der Waals surface area contributed by atoms with Gasteiger partial charge in [-0.25, -0.2) is 0 Å². The molecule has 1 saturated carbocycles. The molecule has 1 fully saturated rings. The smallest absolute Gasteiger partial charge is 0.0591 e. The second-order valence-electron chi connectivity index (χ2n) is 4.72. The fourth-order valence-electron chi connectivity index (χ4n) is 1.82. The van der Waals surface area contributed by atoms with Crippen molar-refractivity contribution in [2.75, 3.05) is 19.8 Å². The van der Waals surface area contributed by atoms with Crippen LogP contribution < -0.4 is 5.32 Å². The fraction of sp³-hybridized carbons (Fsp3) is 0.571. The Kier molecular flexibility index (Phi) is 4.84. The van der Waals surface area contributed by atoms with Crippen LogP contribution in [-0.2, 0) is 4.74 Å². The molecule has 0 aliphatic heterocycles. The highest BCUT2D eigenvalue weighted by molar-refractivity contribution is 6.31. The Morgan fingerprint density at radius 2 is 2.18 bits per heavy atom. The molecule has 1 N–H and O–H groups in total. The molecule has 1 aliphatic rings. The maximum absolute atomic E-state index is 6.14. The van der Waals surface area contributed by atoms with Gasteiger partial charge in [-0.15, -0.1) is 0 Å². The number of benzene rings is 1. The second kappa shape index (κ2) is 6.39. The molecule has 3 heteroatoms. The van der Waals surface area contributed by atoms with Gasteiger partial charge in [0.25, 0.3) is 0 Å². The highest BCUT2D eigenvalue weighted by Gasteiger charge is 2.20. The summed E-state index contributed by atoms with van der Waals surface area (Å²) in [6.07, 6.45) is 2.70. The van der Waals surface area contributed by atoms with Crippen molar-refractivity contribution < 1.29 is 4.74 Å². The first-order valence-electron chi connectivity index (χ1n) is 6.33. The minimum Gasteiger partial charge on any atom is -0.380 e. The SMILES string of the molecule is CC(NCCOCC1CC1)c1ccccc1Cl. The third-order valence-corrected chi connectivity index (χ3v) is 3.46. The van der Waals surface area contributed by atoms with E-state index in [0.29, 0.717) is 0 Å². The monoisotopic (exact) mass is 253 g/mol. The highest BCUT2D eigenvalue weighted by Crippen LogP contribution is 2.28. The third-order valence-electron chi connectivity index (χ3n) is 3.12. The van der Waals surface area contributed by atoms with Crippen LogP contribution in [0.2, 0.25) is 5.02 Å². The lowest BCUT2D eigenvalue weighted by Crippen LogP contribution is -2.23. The van der Waals surface area contributed by atoms with Crippen molar-refractivity contribution in [2.24, 2.45) is 5.92 Å². The predicted octanol–water partition coefficient (Wildman–Crippen LogP) is 3.42. The maximum atomic E-state index is 6.14. The molecule has 1 aliphatic carbocycles. The molecule has 1 aromatic rings. The molecule has 0 bridgehead atoms. The van der Waals surface area contributed by atoms with E-state index in [0.717, 1.165) is 36.3 Å². The third kappa shape index (κ3) is 4.30. The van der Waals surface area contributed by atoms with Gasteiger partial charge in [0.2, 0.25) is 0 Å². The number of halogens is 1. The zero-order valence-corrected chi connectivity index (χ0v) is 11.0. The predicted molar refractivity (Wildman–Crippen MR) is 71.4 cm³/mol. The van der Waals surface area contributed by atoms with Gasteiger partial charge in [-0.2, -0.15) is 0 Å². The van der Waals surface area contributed by atoms with Crippen molar-refractivity contribution in [3.8, 4) is 0 Å². The number of ether oxygens (including phenoxy) is 1. The van der Waals surface area contributed by atoms with Gasteiger partial charge >= 0.3 is 0 Å². The van der Waals surface area contributed by atoms with Crippen molar-refractivity contribution in [3.63, 3.8) is 0 Å². The molecule has 0 spiro atoms. The summed E-state index contributed by atoms with van der Waals surface area (Å²) in [5.74, 6) is 0.844. The Morgan fingerprint density at radius 3 is 2.88 bits per heavy atom.